The van der Waals surface area contributed by atoms with E-state index in [2.05, 4.69) is 29.4 Å². The minimum atomic E-state index is -1.26. The molecule has 3 aliphatic rings. The van der Waals surface area contributed by atoms with Crippen LogP contribution in [0.2, 0.25) is 0 Å². The van der Waals surface area contributed by atoms with Crippen LogP contribution in [0.5, 0.6) is 5.75 Å². The van der Waals surface area contributed by atoms with E-state index in [0.717, 1.165) is 24.3 Å². The molecule has 3 heterocycles. The Balaban J connectivity index is 1.36. The third-order valence-corrected chi connectivity index (χ3v) is 10.9. The fraction of sp³-hybridized carbons (Fsp3) is 0.462. The van der Waals surface area contributed by atoms with Crippen LogP contribution in [-0.4, -0.2) is 77.3 Å². The lowest BCUT2D eigenvalue weighted by Crippen LogP contribution is -2.57. The molecule has 0 saturated carbocycles. The van der Waals surface area contributed by atoms with Gasteiger partial charge in [-0.2, -0.15) is 0 Å². The number of rotatable bonds is 13. The number of nitrogens with zero attached hydrogens (tertiary/aromatic N) is 2. The van der Waals surface area contributed by atoms with Gasteiger partial charge in [0, 0.05) is 30.2 Å². The summed E-state index contributed by atoms with van der Waals surface area (Å²) in [7, 11) is 0. The zero-order valence-electron chi connectivity index (χ0n) is 29.0. The maximum absolute atomic E-state index is 14.8. The van der Waals surface area contributed by atoms with E-state index < -0.39 is 41.0 Å². The maximum Gasteiger partial charge on any atom is 0.250 e. The van der Waals surface area contributed by atoms with Gasteiger partial charge in [0.15, 0.2) is 0 Å². The standard InChI is InChI=1S/C39H48N4O6/c1-6-42(7-2)29-18-14-27(15-19-29)41-36(46)34-39-23-25(4)38(5,49-39)32(35(45)40-28-16-20-31(21-17-28)48-8-3)33(39)37(47)43(34)30(24-44)22-26-12-10-9-11-13-26/h9-21,25,30,32-34,44H,6-8,22-24H2,1-5H3,(H,40,45)(H,41,46)/t25?,30-,32+,33+,34?,38-,39?/m1/s1. The molecular formula is C39H48N4O6. The first-order valence-electron chi connectivity index (χ1n) is 17.5. The van der Waals surface area contributed by atoms with E-state index in [4.69, 9.17) is 9.47 Å². The van der Waals surface area contributed by atoms with Crippen molar-refractivity contribution in [1.29, 1.82) is 0 Å². The second-order valence-electron chi connectivity index (χ2n) is 13.6. The number of ether oxygens (including phenoxy) is 2. The van der Waals surface area contributed by atoms with Crippen molar-refractivity contribution in [2.24, 2.45) is 17.8 Å². The fourth-order valence-electron chi connectivity index (χ4n) is 8.48. The summed E-state index contributed by atoms with van der Waals surface area (Å²) in [5, 5.41) is 16.9. The highest BCUT2D eigenvalue weighted by molar-refractivity contribution is 6.05. The van der Waals surface area contributed by atoms with Gasteiger partial charge in [-0.25, -0.2) is 0 Å². The van der Waals surface area contributed by atoms with Crippen molar-refractivity contribution in [3.8, 4) is 5.75 Å². The summed E-state index contributed by atoms with van der Waals surface area (Å²) in [6.45, 7) is 11.9. The average Bonchev–Trinajstić information content (AvgIpc) is 3.62. The van der Waals surface area contributed by atoms with Crippen LogP contribution in [0.3, 0.4) is 0 Å². The molecule has 3 amide bonds. The Bertz CT molecular complexity index is 1650. The van der Waals surface area contributed by atoms with Crippen LogP contribution in [0.1, 0.15) is 46.6 Å². The lowest BCUT2D eigenvalue weighted by atomic mass is 9.62. The molecule has 0 aliphatic carbocycles. The number of anilines is 3. The molecule has 3 N–H and O–H groups in total. The first kappa shape index (κ1) is 34.5. The molecule has 0 radical (unpaired) electrons. The Kier molecular flexibility index (Phi) is 9.73. The van der Waals surface area contributed by atoms with Crippen LogP contribution >= 0.6 is 0 Å². The fourth-order valence-corrected chi connectivity index (χ4v) is 8.48. The second-order valence-corrected chi connectivity index (χ2v) is 13.6. The van der Waals surface area contributed by atoms with Crippen molar-refractivity contribution < 1.29 is 29.0 Å². The Morgan fingerprint density at radius 2 is 1.57 bits per heavy atom. The highest BCUT2D eigenvalue weighted by Gasteiger charge is 2.80. The van der Waals surface area contributed by atoms with E-state index >= 15 is 0 Å². The molecule has 3 unspecified atom stereocenters. The van der Waals surface area contributed by atoms with Gasteiger partial charge in [0.2, 0.25) is 17.7 Å². The number of likely N-dealkylation sites (tertiary alicyclic amines) is 1. The third kappa shape index (κ3) is 6.06. The van der Waals surface area contributed by atoms with Gasteiger partial charge in [-0.1, -0.05) is 37.3 Å². The minimum absolute atomic E-state index is 0.127. The number of fused-ring (bicyclic) bond motifs is 1. The number of aliphatic hydroxyl groups is 1. The summed E-state index contributed by atoms with van der Waals surface area (Å²) in [5.74, 6) is -2.30. The van der Waals surface area contributed by atoms with Crippen molar-refractivity contribution in [1.82, 2.24) is 4.90 Å². The molecule has 1 spiro atoms. The molecular weight excluding hydrogens is 620 g/mol. The van der Waals surface area contributed by atoms with Gasteiger partial charge < -0.3 is 35.0 Å². The Morgan fingerprint density at radius 1 is 0.959 bits per heavy atom. The van der Waals surface area contributed by atoms with Crippen molar-refractivity contribution in [2.45, 2.75) is 70.7 Å². The molecule has 2 bridgehead atoms. The summed E-state index contributed by atoms with van der Waals surface area (Å²) >= 11 is 0. The predicted octanol–water partition coefficient (Wildman–Crippen LogP) is 5.12. The first-order chi connectivity index (χ1) is 23.6. The van der Waals surface area contributed by atoms with Gasteiger partial charge in [-0.15, -0.1) is 0 Å². The average molecular weight is 669 g/mol. The van der Waals surface area contributed by atoms with E-state index in [1.807, 2.05) is 75.4 Å². The molecule has 49 heavy (non-hydrogen) atoms. The van der Waals surface area contributed by atoms with Crippen LogP contribution in [0, 0.1) is 17.8 Å². The van der Waals surface area contributed by atoms with E-state index in [1.165, 1.54) is 4.90 Å². The molecule has 3 aromatic rings. The van der Waals surface area contributed by atoms with Gasteiger partial charge >= 0.3 is 0 Å². The number of carbonyl (C=O) groups is 3. The zero-order valence-corrected chi connectivity index (χ0v) is 29.0. The number of carbonyl (C=O) groups excluding carboxylic acids is 3. The molecule has 7 atom stereocenters. The molecule has 3 aliphatic heterocycles. The summed E-state index contributed by atoms with van der Waals surface area (Å²) < 4.78 is 12.5. The van der Waals surface area contributed by atoms with Gasteiger partial charge in [-0.05, 0) is 101 Å². The normalized spacial score (nSPS) is 27.5. The van der Waals surface area contributed by atoms with Gasteiger partial charge in [-0.3, -0.25) is 14.4 Å². The Hall–Kier alpha value is -4.41. The number of amides is 3. The van der Waals surface area contributed by atoms with Crippen molar-refractivity contribution in [3.05, 3.63) is 84.4 Å². The molecule has 3 saturated heterocycles. The number of nitrogens with one attached hydrogen (secondary N) is 2. The molecule has 10 heteroatoms. The van der Waals surface area contributed by atoms with E-state index in [1.54, 1.807) is 24.3 Å². The van der Waals surface area contributed by atoms with Crippen molar-refractivity contribution in [3.63, 3.8) is 0 Å². The van der Waals surface area contributed by atoms with E-state index in [9.17, 15) is 19.5 Å². The van der Waals surface area contributed by atoms with E-state index in [0.29, 0.717) is 36.6 Å². The summed E-state index contributed by atoms with van der Waals surface area (Å²) in [6, 6.07) is 22.6. The molecule has 3 fully saturated rings. The number of hydrogen-bond acceptors (Lipinski definition) is 7. The van der Waals surface area contributed by atoms with E-state index in [-0.39, 0.29) is 24.3 Å². The van der Waals surface area contributed by atoms with Crippen LogP contribution < -0.4 is 20.3 Å². The van der Waals surface area contributed by atoms with Crippen LogP contribution in [0.15, 0.2) is 78.9 Å². The lowest BCUT2D eigenvalue weighted by molar-refractivity contribution is -0.147. The zero-order chi connectivity index (χ0) is 34.9. The number of benzene rings is 3. The smallest absolute Gasteiger partial charge is 0.250 e. The summed E-state index contributed by atoms with van der Waals surface area (Å²) in [4.78, 5) is 47.4. The highest BCUT2D eigenvalue weighted by atomic mass is 16.5. The van der Waals surface area contributed by atoms with Gasteiger partial charge in [0.25, 0.3) is 0 Å². The SMILES string of the molecule is CCOc1ccc(NC(=O)[C@@H]2[C@H]3C(=O)N([C@@H](CO)Cc4ccccc4)C(C(=O)Nc4ccc(N(CC)CC)cc4)C34CC(C)[C@@]2(C)O4)cc1. The van der Waals surface area contributed by atoms with Gasteiger partial charge in [0.05, 0.1) is 36.7 Å². The third-order valence-electron chi connectivity index (χ3n) is 10.9. The molecule has 10 nitrogen and oxygen atoms in total. The monoisotopic (exact) mass is 668 g/mol. The predicted molar refractivity (Wildman–Crippen MR) is 190 cm³/mol. The van der Waals surface area contributed by atoms with Crippen LogP contribution in [-0.2, 0) is 25.5 Å². The number of aliphatic hydroxyl groups excluding tert-OH is 1. The summed E-state index contributed by atoms with van der Waals surface area (Å²) in [5.41, 5.74) is 0.882. The van der Waals surface area contributed by atoms with Gasteiger partial charge in [0.1, 0.15) is 17.4 Å². The quantitative estimate of drug-likeness (QED) is 0.231. The highest BCUT2D eigenvalue weighted by Crippen LogP contribution is 2.65. The second kappa shape index (κ2) is 13.8. The minimum Gasteiger partial charge on any atom is -0.494 e. The lowest BCUT2D eigenvalue weighted by Gasteiger charge is -2.37. The van der Waals surface area contributed by atoms with Crippen molar-refractivity contribution >= 4 is 34.8 Å². The molecule has 6 rings (SSSR count). The Labute approximate surface area is 288 Å². The Morgan fingerprint density at radius 3 is 2.16 bits per heavy atom. The maximum atomic E-state index is 14.8. The van der Waals surface area contributed by atoms with Crippen molar-refractivity contribution in [2.75, 3.05) is 41.8 Å². The molecule has 3 aromatic carbocycles. The molecule has 0 aromatic heterocycles. The van der Waals surface area contributed by atoms with Crippen LogP contribution in [0.4, 0.5) is 17.1 Å². The topological polar surface area (TPSA) is 120 Å². The largest absolute Gasteiger partial charge is 0.494 e. The first-order valence-corrected chi connectivity index (χ1v) is 17.5. The summed E-state index contributed by atoms with van der Waals surface area (Å²) in [6.07, 6.45) is 0.760. The number of hydrogen-bond donors (Lipinski definition) is 3. The molecule has 260 valence electrons. The van der Waals surface area contributed by atoms with Crippen LogP contribution in [0.25, 0.3) is 0 Å².